The van der Waals surface area contributed by atoms with Crippen molar-refractivity contribution in [3.05, 3.63) is 23.5 Å². The maximum atomic E-state index is 10.6. The lowest BCUT2D eigenvalue weighted by molar-refractivity contribution is 0.111. The smallest absolute Gasteiger partial charge is 0.166 e. The Morgan fingerprint density at radius 1 is 0.607 bits per heavy atom. The molecule has 1 rings (SSSR count). The van der Waals surface area contributed by atoms with E-state index >= 15 is 0 Å². The summed E-state index contributed by atoms with van der Waals surface area (Å²) in [6.45, 7) is 2.29. The molecule has 0 fully saturated rings. The maximum Gasteiger partial charge on any atom is 0.166 e. The molecule has 1 aromatic heterocycles. The van der Waals surface area contributed by atoms with Gasteiger partial charge in [0.25, 0.3) is 0 Å². The second-order valence-electron chi connectivity index (χ2n) is 8.67. The SMILES string of the molecule is CCCCCCCCCCCCCCCCCCCCCc1ccc(C=O)[nH]1. The van der Waals surface area contributed by atoms with Gasteiger partial charge in [0.05, 0.1) is 5.69 Å². The zero-order valence-corrected chi connectivity index (χ0v) is 18.8. The van der Waals surface area contributed by atoms with Gasteiger partial charge in [0.2, 0.25) is 0 Å². The van der Waals surface area contributed by atoms with Gasteiger partial charge in [-0.25, -0.2) is 0 Å². The minimum atomic E-state index is 0.702. The molecule has 0 aromatic carbocycles. The highest BCUT2D eigenvalue weighted by molar-refractivity contribution is 5.71. The highest BCUT2D eigenvalue weighted by Crippen LogP contribution is 2.15. The van der Waals surface area contributed by atoms with Crippen molar-refractivity contribution in [2.45, 2.75) is 135 Å². The minimum absolute atomic E-state index is 0.702. The van der Waals surface area contributed by atoms with Gasteiger partial charge in [-0.15, -0.1) is 0 Å². The van der Waals surface area contributed by atoms with Crippen LogP contribution in [0.1, 0.15) is 145 Å². The Hall–Kier alpha value is -1.05. The molecule has 2 heteroatoms. The molecule has 0 atom stereocenters. The van der Waals surface area contributed by atoms with E-state index in [0.29, 0.717) is 5.69 Å². The van der Waals surface area contributed by atoms with Crippen LogP contribution in [-0.2, 0) is 6.42 Å². The normalized spacial score (nSPS) is 11.2. The summed E-state index contributed by atoms with van der Waals surface area (Å²) in [5.41, 5.74) is 1.90. The van der Waals surface area contributed by atoms with Crippen molar-refractivity contribution in [1.29, 1.82) is 0 Å². The number of H-pyrrole nitrogens is 1. The molecule has 28 heavy (non-hydrogen) atoms. The Kier molecular flexibility index (Phi) is 17.2. The van der Waals surface area contributed by atoms with Crippen LogP contribution in [0.25, 0.3) is 0 Å². The first-order valence-corrected chi connectivity index (χ1v) is 12.5. The summed E-state index contributed by atoms with van der Waals surface area (Å²) in [5, 5.41) is 0. The molecule has 0 spiro atoms. The molecule has 162 valence electrons. The third kappa shape index (κ3) is 14.9. The van der Waals surface area contributed by atoms with E-state index in [-0.39, 0.29) is 0 Å². The van der Waals surface area contributed by atoms with Crippen molar-refractivity contribution >= 4 is 6.29 Å². The average Bonchev–Trinajstić information content (AvgIpc) is 3.18. The van der Waals surface area contributed by atoms with Crippen molar-refractivity contribution in [2.75, 3.05) is 0 Å². The second kappa shape index (κ2) is 19.3. The number of nitrogens with one attached hydrogen (secondary N) is 1. The van der Waals surface area contributed by atoms with Gasteiger partial charge in [0, 0.05) is 5.69 Å². The zero-order valence-electron chi connectivity index (χ0n) is 18.8. The molecule has 0 bridgehead atoms. The monoisotopic (exact) mass is 389 g/mol. The molecule has 0 radical (unpaired) electrons. The molecule has 1 N–H and O–H groups in total. The molecular weight excluding hydrogens is 342 g/mol. The molecule has 1 heterocycles. The van der Waals surface area contributed by atoms with Crippen molar-refractivity contribution in [3.63, 3.8) is 0 Å². The fraction of sp³-hybridized carbons (Fsp3) is 0.808. The maximum absolute atomic E-state index is 10.6. The van der Waals surface area contributed by atoms with Crippen LogP contribution in [0, 0.1) is 0 Å². The largest absolute Gasteiger partial charge is 0.356 e. The van der Waals surface area contributed by atoms with Gasteiger partial charge in [-0.1, -0.05) is 122 Å². The number of carbonyl (C=O) groups excluding carboxylic acids is 1. The number of aromatic amines is 1. The van der Waals surface area contributed by atoms with Crippen LogP contribution in [0.15, 0.2) is 12.1 Å². The third-order valence-corrected chi connectivity index (χ3v) is 5.95. The van der Waals surface area contributed by atoms with E-state index in [1.54, 1.807) is 0 Å². The van der Waals surface area contributed by atoms with E-state index < -0.39 is 0 Å². The standard InChI is InChI=1S/C26H47NO/c1-2-3-4-5-6-7-8-9-10-11-12-13-14-15-16-17-18-19-20-21-25-22-23-26(24-28)27-25/h22-24,27H,2-21H2,1H3. The van der Waals surface area contributed by atoms with Crippen LogP contribution >= 0.6 is 0 Å². The Balaban J connectivity index is 1.70. The van der Waals surface area contributed by atoms with E-state index in [2.05, 4.69) is 11.9 Å². The molecular formula is C26H47NO. The predicted octanol–water partition coefficient (Wildman–Crippen LogP) is 8.80. The summed E-state index contributed by atoms with van der Waals surface area (Å²) in [6.07, 6.45) is 28.9. The van der Waals surface area contributed by atoms with E-state index in [1.165, 1.54) is 128 Å². The van der Waals surface area contributed by atoms with Crippen LogP contribution in [0.2, 0.25) is 0 Å². The fourth-order valence-electron chi connectivity index (χ4n) is 4.07. The van der Waals surface area contributed by atoms with Gasteiger partial charge in [-0.05, 0) is 25.0 Å². The molecule has 0 unspecified atom stereocenters. The second-order valence-corrected chi connectivity index (χ2v) is 8.67. The lowest BCUT2D eigenvalue weighted by Crippen LogP contribution is -1.88. The lowest BCUT2D eigenvalue weighted by atomic mass is 10.0. The van der Waals surface area contributed by atoms with Crippen molar-refractivity contribution in [2.24, 2.45) is 0 Å². The van der Waals surface area contributed by atoms with Crippen LogP contribution in [0.3, 0.4) is 0 Å². The molecule has 0 aliphatic heterocycles. The molecule has 0 aliphatic carbocycles. The summed E-state index contributed by atoms with van der Waals surface area (Å²) in [7, 11) is 0. The number of carbonyl (C=O) groups is 1. The Labute approximate surface area is 175 Å². The minimum Gasteiger partial charge on any atom is -0.356 e. The zero-order chi connectivity index (χ0) is 20.1. The Morgan fingerprint density at radius 3 is 1.36 bits per heavy atom. The molecule has 1 aromatic rings. The van der Waals surface area contributed by atoms with Crippen LogP contribution < -0.4 is 0 Å². The van der Waals surface area contributed by atoms with Crippen molar-refractivity contribution in [3.8, 4) is 0 Å². The van der Waals surface area contributed by atoms with Gasteiger partial charge in [0.15, 0.2) is 6.29 Å². The molecule has 2 nitrogen and oxygen atoms in total. The highest BCUT2D eigenvalue weighted by Gasteiger charge is 1.98. The number of aryl methyl sites for hydroxylation is 1. The highest BCUT2D eigenvalue weighted by atomic mass is 16.1. The summed E-state index contributed by atoms with van der Waals surface area (Å²) >= 11 is 0. The van der Waals surface area contributed by atoms with E-state index in [4.69, 9.17) is 0 Å². The van der Waals surface area contributed by atoms with E-state index in [1.807, 2.05) is 12.1 Å². The number of hydrogen-bond acceptors (Lipinski definition) is 1. The summed E-state index contributed by atoms with van der Waals surface area (Å²) in [4.78, 5) is 13.8. The van der Waals surface area contributed by atoms with Crippen LogP contribution in [0.5, 0.6) is 0 Å². The van der Waals surface area contributed by atoms with Crippen molar-refractivity contribution < 1.29 is 4.79 Å². The van der Waals surface area contributed by atoms with Gasteiger partial charge in [0.1, 0.15) is 0 Å². The van der Waals surface area contributed by atoms with Crippen molar-refractivity contribution in [1.82, 2.24) is 4.98 Å². The molecule has 0 amide bonds. The first-order chi connectivity index (χ1) is 13.9. The van der Waals surface area contributed by atoms with Gasteiger partial charge < -0.3 is 4.98 Å². The topological polar surface area (TPSA) is 32.9 Å². The molecule has 0 aliphatic rings. The predicted molar refractivity (Wildman–Crippen MR) is 123 cm³/mol. The third-order valence-electron chi connectivity index (χ3n) is 5.95. The Bertz CT molecular complexity index is 451. The van der Waals surface area contributed by atoms with Crippen LogP contribution in [-0.4, -0.2) is 11.3 Å². The Morgan fingerprint density at radius 2 is 1.00 bits per heavy atom. The lowest BCUT2D eigenvalue weighted by Gasteiger charge is -2.04. The first-order valence-electron chi connectivity index (χ1n) is 12.5. The molecule has 0 saturated carbocycles. The summed E-state index contributed by atoms with van der Waals surface area (Å²) in [6, 6.07) is 3.91. The summed E-state index contributed by atoms with van der Waals surface area (Å²) < 4.78 is 0. The quantitative estimate of drug-likeness (QED) is 0.165. The number of hydrogen-bond donors (Lipinski definition) is 1. The van der Waals surface area contributed by atoms with E-state index in [9.17, 15) is 4.79 Å². The van der Waals surface area contributed by atoms with Gasteiger partial charge >= 0.3 is 0 Å². The first kappa shape index (κ1) is 25.0. The number of rotatable bonds is 21. The van der Waals surface area contributed by atoms with E-state index in [0.717, 1.165) is 12.7 Å². The summed E-state index contributed by atoms with van der Waals surface area (Å²) in [5.74, 6) is 0. The van der Waals surface area contributed by atoms with Gasteiger partial charge in [-0.2, -0.15) is 0 Å². The number of aromatic nitrogens is 1. The van der Waals surface area contributed by atoms with Crippen LogP contribution in [0.4, 0.5) is 0 Å². The van der Waals surface area contributed by atoms with Gasteiger partial charge in [-0.3, -0.25) is 4.79 Å². The molecule has 0 saturated heterocycles. The number of unbranched alkanes of at least 4 members (excludes halogenated alkanes) is 18. The number of aldehydes is 1. The average molecular weight is 390 g/mol. The fourth-order valence-corrected chi connectivity index (χ4v) is 4.07.